The van der Waals surface area contributed by atoms with Crippen LogP contribution in [0, 0.1) is 5.92 Å². The number of carbonyl (C=O) groups is 1. The van der Waals surface area contributed by atoms with E-state index < -0.39 is 52.8 Å². The highest BCUT2D eigenvalue weighted by Gasteiger charge is 2.48. The summed E-state index contributed by atoms with van der Waals surface area (Å²) in [6.07, 6.45) is 7.99. The Morgan fingerprint density at radius 3 is 2.29 bits per heavy atom. The fourth-order valence-electron chi connectivity index (χ4n) is 8.14. The molecule has 0 radical (unpaired) electrons. The number of hydrogen-bond acceptors (Lipinski definition) is 11. The van der Waals surface area contributed by atoms with E-state index >= 15 is 0 Å². The maximum atomic E-state index is 14.0. The second kappa shape index (κ2) is 23.1. The molecule has 0 saturated heterocycles. The zero-order valence-corrected chi connectivity index (χ0v) is 39.9. The van der Waals surface area contributed by atoms with Gasteiger partial charge in [-0.15, -0.1) is 11.8 Å². The van der Waals surface area contributed by atoms with Crippen LogP contribution in [0.1, 0.15) is 60.9 Å². The molecular weight excluding hydrogens is 917 g/mol. The van der Waals surface area contributed by atoms with Crippen molar-refractivity contribution in [3.05, 3.63) is 119 Å². The normalized spacial score (nSPS) is 16.1. The average molecular weight is 976 g/mol. The van der Waals surface area contributed by atoms with Crippen LogP contribution in [0.15, 0.2) is 117 Å². The minimum absolute atomic E-state index is 0.0323. The van der Waals surface area contributed by atoms with Crippen LogP contribution in [0.4, 0.5) is 24.5 Å². The third-order valence-electron chi connectivity index (χ3n) is 11.6. The van der Waals surface area contributed by atoms with Crippen LogP contribution in [0.5, 0.6) is 0 Å². The van der Waals surface area contributed by atoms with Crippen molar-refractivity contribution < 1.29 is 34.8 Å². The molecule has 1 amide bonds. The summed E-state index contributed by atoms with van der Waals surface area (Å²) in [5.74, 6) is 0.0841. The van der Waals surface area contributed by atoms with Crippen molar-refractivity contribution in [1.82, 2.24) is 19.8 Å². The van der Waals surface area contributed by atoms with E-state index in [0.29, 0.717) is 48.6 Å². The van der Waals surface area contributed by atoms with Gasteiger partial charge < -0.3 is 20.9 Å². The van der Waals surface area contributed by atoms with Crippen molar-refractivity contribution in [2.45, 2.75) is 71.2 Å². The Morgan fingerprint density at radius 1 is 0.908 bits per heavy atom. The SMILES string of the molecule is CN(C)CC[C@H](CSc1ccccc1)Nc1ccc(S(=O)(=O)NC(=O)c2ccc(NCCNCC3=C(c4ccc(Cl)cc4)CCN(CC4CCCCC4)C3)cc2)cc1S(=O)(=O)C(F)(F)F. The molecular formula is C47H58ClF3N6O5S3. The number of anilines is 2. The van der Waals surface area contributed by atoms with Crippen molar-refractivity contribution in [3.63, 3.8) is 0 Å². The lowest BCUT2D eigenvalue weighted by Crippen LogP contribution is -2.38. The molecule has 0 unspecified atom stereocenters. The second-order valence-corrected chi connectivity index (χ2v) is 22.0. The fourth-order valence-corrected chi connectivity index (χ4v) is 11.3. The van der Waals surface area contributed by atoms with Crippen molar-refractivity contribution >= 4 is 66.1 Å². The molecule has 18 heteroatoms. The summed E-state index contributed by atoms with van der Waals surface area (Å²) in [5, 5.41) is 10.5. The number of halogens is 4. The van der Waals surface area contributed by atoms with Gasteiger partial charge in [0.15, 0.2) is 0 Å². The number of sulfonamides is 1. The van der Waals surface area contributed by atoms with Gasteiger partial charge in [-0.05, 0) is 136 Å². The first-order valence-electron chi connectivity index (χ1n) is 21.8. The predicted octanol–water partition coefficient (Wildman–Crippen LogP) is 9.02. The maximum Gasteiger partial charge on any atom is 0.501 e. The Kier molecular flexibility index (Phi) is 17.9. The van der Waals surface area contributed by atoms with Crippen molar-refractivity contribution in [3.8, 4) is 0 Å². The van der Waals surface area contributed by atoms with Gasteiger partial charge in [-0.1, -0.05) is 61.2 Å². The molecule has 1 fully saturated rings. The molecule has 1 atom stereocenters. The molecule has 6 rings (SSSR count). The van der Waals surface area contributed by atoms with E-state index in [1.54, 1.807) is 12.1 Å². The monoisotopic (exact) mass is 974 g/mol. The number of benzene rings is 4. The molecule has 4 N–H and O–H groups in total. The Bertz CT molecular complexity index is 2450. The number of amides is 1. The zero-order chi connectivity index (χ0) is 46.6. The van der Waals surface area contributed by atoms with E-state index in [0.717, 1.165) is 55.5 Å². The number of nitrogens with one attached hydrogen (secondary N) is 4. The molecule has 1 aliphatic heterocycles. The van der Waals surface area contributed by atoms with Crippen LogP contribution < -0.4 is 20.7 Å². The quantitative estimate of drug-likeness (QED) is 0.0470. The largest absolute Gasteiger partial charge is 0.501 e. The summed E-state index contributed by atoms with van der Waals surface area (Å²) in [4.78, 5) is 16.5. The van der Waals surface area contributed by atoms with E-state index in [4.69, 9.17) is 11.6 Å². The van der Waals surface area contributed by atoms with Crippen LogP contribution in [0.2, 0.25) is 5.02 Å². The van der Waals surface area contributed by atoms with Gasteiger partial charge in [0.25, 0.3) is 25.8 Å². The fraction of sp³-hybridized carbons (Fsp3) is 0.426. The number of sulfone groups is 1. The third-order valence-corrected chi connectivity index (χ3v) is 15.9. The van der Waals surface area contributed by atoms with Crippen LogP contribution in [-0.4, -0.2) is 110 Å². The van der Waals surface area contributed by atoms with E-state index in [1.165, 1.54) is 72.7 Å². The molecule has 0 aromatic heterocycles. The Morgan fingerprint density at radius 2 is 1.62 bits per heavy atom. The molecule has 1 saturated carbocycles. The molecule has 0 spiro atoms. The summed E-state index contributed by atoms with van der Waals surface area (Å²) < 4.78 is 96.7. The van der Waals surface area contributed by atoms with Gasteiger partial charge in [0.05, 0.1) is 10.6 Å². The molecule has 4 aromatic carbocycles. The minimum Gasteiger partial charge on any atom is -0.384 e. The number of nitrogens with zero attached hydrogens (tertiary/aromatic N) is 2. The smallest absolute Gasteiger partial charge is 0.384 e. The first-order chi connectivity index (χ1) is 31.0. The minimum atomic E-state index is -6.04. The maximum absolute atomic E-state index is 14.0. The Balaban J connectivity index is 1.07. The molecule has 65 heavy (non-hydrogen) atoms. The Hall–Kier alpha value is -4.10. The van der Waals surface area contributed by atoms with Gasteiger partial charge in [0.2, 0.25) is 0 Å². The topological polar surface area (TPSA) is 140 Å². The molecule has 2 aliphatic rings. The number of carbonyl (C=O) groups excluding carboxylic acids is 1. The van der Waals surface area contributed by atoms with Gasteiger partial charge in [-0.2, -0.15) is 13.2 Å². The molecule has 11 nitrogen and oxygen atoms in total. The highest BCUT2D eigenvalue weighted by molar-refractivity contribution is 7.99. The Labute approximate surface area is 390 Å². The number of alkyl halides is 3. The standard InChI is InChI=1S/C47H58ClF3N6O5S3/c1-56(2)27-23-40(33-63-41-11-7-4-8-12-41)54-44-22-21-42(29-45(44)64(59,60)47(49,50)51)65(61,62)55-46(58)36-15-19-39(20-16-36)53-26-25-52-30-37-32-57(31-34-9-5-3-6-10-34)28-24-43(37)35-13-17-38(48)18-14-35/h4,7-8,11-22,29,34,40,52-54H,3,5-6,9-10,23-28,30-33H2,1-2H3,(H,55,58)/t40-/m1/s1. The lowest BCUT2D eigenvalue weighted by molar-refractivity contribution is -0.0435. The molecule has 4 aromatic rings. The van der Waals surface area contributed by atoms with Gasteiger partial charge in [-0.25, -0.2) is 21.6 Å². The molecule has 0 bridgehead atoms. The third kappa shape index (κ3) is 14.4. The van der Waals surface area contributed by atoms with Crippen LogP contribution in [-0.2, 0) is 19.9 Å². The van der Waals surface area contributed by atoms with Gasteiger partial charge in [-0.3, -0.25) is 9.69 Å². The van der Waals surface area contributed by atoms with Crippen LogP contribution in [0.3, 0.4) is 0 Å². The lowest BCUT2D eigenvalue weighted by atomic mass is 9.87. The van der Waals surface area contributed by atoms with E-state index in [9.17, 15) is 34.8 Å². The molecule has 352 valence electrons. The van der Waals surface area contributed by atoms with Gasteiger partial charge in [0, 0.05) is 72.2 Å². The molecule has 1 heterocycles. The first-order valence-corrected chi connectivity index (χ1v) is 26.2. The summed E-state index contributed by atoms with van der Waals surface area (Å²) in [5.41, 5.74) is -1.58. The van der Waals surface area contributed by atoms with Crippen molar-refractivity contribution in [2.75, 3.05) is 76.3 Å². The summed E-state index contributed by atoms with van der Waals surface area (Å²) in [7, 11) is -7.20. The molecule has 1 aliphatic carbocycles. The zero-order valence-electron chi connectivity index (χ0n) is 36.7. The van der Waals surface area contributed by atoms with E-state index in [2.05, 4.69) is 33.0 Å². The first kappa shape index (κ1) is 50.3. The van der Waals surface area contributed by atoms with Gasteiger partial charge >= 0.3 is 5.51 Å². The number of thioether (sulfide) groups is 1. The lowest BCUT2D eigenvalue weighted by Gasteiger charge is -2.35. The predicted molar refractivity (Wildman–Crippen MR) is 256 cm³/mol. The summed E-state index contributed by atoms with van der Waals surface area (Å²) in [6, 6.07) is 25.3. The van der Waals surface area contributed by atoms with Crippen molar-refractivity contribution in [2.24, 2.45) is 5.92 Å². The highest BCUT2D eigenvalue weighted by atomic mass is 35.5. The van der Waals surface area contributed by atoms with Crippen LogP contribution in [0.25, 0.3) is 5.57 Å². The number of rotatable bonds is 21. The highest BCUT2D eigenvalue weighted by Crippen LogP contribution is 2.37. The summed E-state index contributed by atoms with van der Waals surface area (Å²) >= 11 is 7.64. The van der Waals surface area contributed by atoms with Crippen LogP contribution >= 0.6 is 23.4 Å². The summed E-state index contributed by atoms with van der Waals surface area (Å²) in [6.45, 7) is 5.54. The van der Waals surface area contributed by atoms with E-state index in [1.807, 2.05) is 66.2 Å². The average Bonchev–Trinajstić information content (AvgIpc) is 3.28. The van der Waals surface area contributed by atoms with E-state index in [-0.39, 0.29) is 5.56 Å². The van der Waals surface area contributed by atoms with Gasteiger partial charge in [0.1, 0.15) is 4.90 Å². The second-order valence-electron chi connectivity index (χ2n) is 16.9. The van der Waals surface area contributed by atoms with Crippen molar-refractivity contribution in [1.29, 1.82) is 0 Å². The number of hydrogen-bond donors (Lipinski definition) is 4.